The van der Waals surface area contributed by atoms with Gasteiger partial charge < -0.3 is 14.6 Å². The summed E-state index contributed by atoms with van der Waals surface area (Å²) in [6.07, 6.45) is 4.34. The molecule has 0 spiro atoms. The maximum Gasteiger partial charge on any atom is 0.266 e. The normalized spacial score (nSPS) is 14.9. The minimum atomic E-state index is -0.607. The summed E-state index contributed by atoms with van der Waals surface area (Å²) < 4.78 is 7.83. The number of aryl methyl sites for hydroxylation is 2. The number of ether oxygens (including phenoxy) is 1. The van der Waals surface area contributed by atoms with Crippen LogP contribution in [0.2, 0.25) is 5.02 Å². The minimum Gasteiger partial charge on any atom is -0.481 e. The van der Waals surface area contributed by atoms with E-state index in [1.165, 1.54) is 0 Å². The molecule has 2 aromatic rings. The van der Waals surface area contributed by atoms with Gasteiger partial charge in [-0.1, -0.05) is 11.6 Å². The Hall–Kier alpha value is -2.01. The topological polar surface area (TPSA) is 56.1 Å². The van der Waals surface area contributed by atoms with Gasteiger partial charge in [0.1, 0.15) is 17.4 Å². The van der Waals surface area contributed by atoms with Crippen molar-refractivity contribution in [3.8, 4) is 5.75 Å². The molecular weight excluding hydrogens is 314 g/mol. The molecule has 0 fully saturated rings. The van der Waals surface area contributed by atoms with Crippen LogP contribution < -0.4 is 10.1 Å². The SMILES string of the molecule is Cc1cc(Cl)ccc1O[C@@H](C)C(=O)Nc1cnc2n1CCCC2. The van der Waals surface area contributed by atoms with E-state index >= 15 is 0 Å². The number of benzene rings is 1. The van der Waals surface area contributed by atoms with Crippen molar-refractivity contribution in [1.29, 1.82) is 0 Å². The van der Waals surface area contributed by atoms with Crippen molar-refractivity contribution in [2.75, 3.05) is 5.32 Å². The Labute approximate surface area is 140 Å². The summed E-state index contributed by atoms with van der Waals surface area (Å²) in [7, 11) is 0. The van der Waals surface area contributed by atoms with E-state index in [1.807, 2.05) is 13.0 Å². The van der Waals surface area contributed by atoms with E-state index in [0.717, 1.165) is 43.0 Å². The molecule has 1 atom stereocenters. The third-order valence-electron chi connectivity index (χ3n) is 4.03. The van der Waals surface area contributed by atoms with Crippen molar-refractivity contribution in [2.24, 2.45) is 0 Å². The first-order valence-corrected chi connectivity index (χ1v) is 8.20. The number of hydrogen-bond donors (Lipinski definition) is 1. The van der Waals surface area contributed by atoms with Crippen LogP contribution in [0.25, 0.3) is 0 Å². The van der Waals surface area contributed by atoms with E-state index in [4.69, 9.17) is 16.3 Å². The molecule has 0 saturated heterocycles. The van der Waals surface area contributed by atoms with Gasteiger partial charge in [-0.25, -0.2) is 4.98 Å². The summed E-state index contributed by atoms with van der Waals surface area (Å²) in [5.74, 6) is 2.25. The molecule has 1 aliphatic heterocycles. The lowest BCUT2D eigenvalue weighted by Gasteiger charge is -2.19. The standard InChI is InChI=1S/C17H20ClN3O2/c1-11-9-13(18)6-7-14(11)23-12(2)17(22)20-16-10-19-15-5-3-4-8-21(15)16/h6-7,9-10,12H,3-5,8H2,1-2H3,(H,20,22)/t12-/m0/s1. The first kappa shape index (κ1) is 15.9. The van der Waals surface area contributed by atoms with Crippen molar-refractivity contribution in [1.82, 2.24) is 9.55 Å². The van der Waals surface area contributed by atoms with E-state index in [1.54, 1.807) is 25.3 Å². The van der Waals surface area contributed by atoms with Crippen LogP contribution >= 0.6 is 11.6 Å². The van der Waals surface area contributed by atoms with Crippen molar-refractivity contribution in [3.05, 3.63) is 40.8 Å². The number of carbonyl (C=O) groups is 1. The Kier molecular flexibility index (Phi) is 4.57. The fraction of sp³-hybridized carbons (Fsp3) is 0.412. The Morgan fingerprint density at radius 1 is 1.43 bits per heavy atom. The second kappa shape index (κ2) is 6.62. The average molecular weight is 334 g/mol. The van der Waals surface area contributed by atoms with Crippen LogP contribution in [0.1, 0.15) is 31.2 Å². The van der Waals surface area contributed by atoms with Crippen molar-refractivity contribution < 1.29 is 9.53 Å². The second-order valence-corrected chi connectivity index (χ2v) is 6.26. The molecule has 1 aliphatic rings. The first-order chi connectivity index (χ1) is 11.0. The van der Waals surface area contributed by atoms with Crippen molar-refractivity contribution >= 4 is 23.3 Å². The number of fused-ring (bicyclic) bond motifs is 1. The molecule has 0 bridgehead atoms. The van der Waals surface area contributed by atoms with Gasteiger partial charge in [0.15, 0.2) is 6.10 Å². The van der Waals surface area contributed by atoms with Crippen LogP contribution in [0.4, 0.5) is 5.82 Å². The third-order valence-corrected chi connectivity index (χ3v) is 4.27. The second-order valence-electron chi connectivity index (χ2n) is 5.83. The van der Waals surface area contributed by atoms with Crippen molar-refractivity contribution in [3.63, 3.8) is 0 Å². The zero-order valence-electron chi connectivity index (χ0n) is 13.3. The Morgan fingerprint density at radius 2 is 2.26 bits per heavy atom. The van der Waals surface area contributed by atoms with E-state index in [-0.39, 0.29) is 5.91 Å². The number of hydrogen-bond acceptors (Lipinski definition) is 3. The number of halogens is 1. The zero-order chi connectivity index (χ0) is 16.4. The summed E-state index contributed by atoms with van der Waals surface area (Å²) in [6.45, 7) is 4.53. The summed E-state index contributed by atoms with van der Waals surface area (Å²) in [5.41, 5.74) is 0.902. The Bertz CT molecular complexity index is 727. The molecule has 1 aromatic heterocycles. The highest BCUT2D eigenvalue weighted by molar-refractivity contribution is 6.30. The van der Waals surface area contributed by atoms with Crippen LogP contribution in [0, 0.1) is 6.92 Å². The van der Waals surface area contributed by atoms with Gasteiger partial charge in [-0.05, 0) is 50.5 Å². The average Bonchev–Trinajstić information content (AvgIpc) is 2.93. The van der Waals surface area contributed by atoms with Gasteiger partial charge in [0, 0.05) is 18.0 Å². The molecule has 6 heteroatoms. The first-order valence-electron chi connectivity index (χ1n) is 7.82. The summed E-state index contributed by atoms with van der Waals surface area (Å²) in [4.78, 5) is 16.7. The number of nitrogens with one attached hydrogen (secondary N) is 1. The molecule has 0 unspecified atom stereocenters. The Balaban J connectivity index is 1.67. The van der Waals surface area contributed by atoms with Gasteiger partial charge in [-0.15, -0.1) is 0 Å². The van der Waals surface area contributed by atoms with Gasteiger partial charge in [0.25, 0.3) is 5.91 Å². The van der Waals surface area contributed by atoms with Gasteiger partial charge in [0.2, 0.25) is 0 Å². The number of rotatable bonds is 4. The molecule has 3 rings (SSSR count). The van der Waals surface area contributed by atoms with Gasteiger partial charge in [-0.2, -0.15) is 0 Å². The van der Waals surface area contributed by atoms with Crippen LogP contribution in [-0.4, -0.2) is 21.6 Å². The third kappa shape index (κ3) is 3.50. The number of aromatic nitrogens is 2. The highest BCUT2D eigenvalue weighted by Gasteiger charge is 2.20. The predicted molar refractivity (Wildman–Crippen MR) is 90.1 cm³/mol. The molecule has 1 N–H and O–H groups in total. The molecule has 0 saturated carbocycles. The van der Waals surface area contributed by atoms with Crippen molar-refractivity contribution in [2.45, 2.75) is 45.8 Å². The van der Waals surface area contributed by atoms with Gasteiger partial charge in [-0.3, -0.25) is 4.79 Å². The molecular formula is C17H20ClN3O2. The predicted octanol–water partition coefficient (Wildman–Crippen LogP) is 3.59. The molecule has 1 amide bonds. The fourth-order valence-corrected chi connectivity index (χ4v) is 2.96. The van der Waals surface area contributed by atoms with E-state index in [2.05, 4.69) is 14.9 Å². The van der Waals surface area contributed by atoms with E-state index in [9.17, 15) is 4.79 Å². The molecule has 23 heavy (non-hydrogen) atoms. The monoisotopic (exact) mass is 333 g/mol. The van der Waals surface area contributed by atoms with Crippen LogP contribution in [0.15, 0.2) is 24.4 Å². The lowest BCUT2D eigenvalue weighted by atomic mass is 10.2. The van der Waals surface area contributed by atoms with Crippen LogP contribution in [-0.2, 0) is 17.8 Å². The summed E-state index contributed by atoms with van der Waals surface area (Å²) >= 11 is 5.93. The minimum absolute atomic E-state index is 0.187. The molecule has 0 radical (unpaired) electrons. The zero-order valence-corrected chi connectivity index (χ0v) is 14.1. The van der Waals surface area contributed by atoms with Gasteiger partial charge >= 0.3 is 0 Å². The van der Waals surface area contributed by atoms with Crippen LogP contribution in [0.5, 0.6) is 5.75 Å². The molecule has 5 nitrogen and oxygen atoms in total. The largest absolute Gasteiger partial charge is 0.481 e. The molecule has 0 aliphatic carbocycles. The number of imidazole rings is 1. The highest BCUT2D eigenvalue weighted by atomic mass is 35.5. The number of carbonyl (C=O) groups excluding carboxylic acids is 1. The van der Waals surface area contributed by atoms with Crippen LogP contribution in [0.3, 0.4) is 0 Å². The summed E-state index contributed by atoms with van der Waals surface area (Å²) in [5, 5.41) is 3.56. The summed E-state index contributed by atoms with van der Waals surface area (Å²) in [6, 6.07) is 5.35. The quantitative estimate of drug-likeness (QED) is 0.930. The Morgan fingerprint density at radius 3 is 3.04 bits per heavy atom. The lowest BCUT2D eigenvalue weighted by Crippen LogP contribution is -2.31. The van der Waals surface area contributed by atoms with Gasteiger partial charge in [0.05, 0.1) is 6.20 Å². The highest BCUT2D eigenvalue weighted by Crippen LogP contribution is 2.24. The number of amides is 1. The smallest absolute Gasteiger partial charge is 0.266 e. The van der Waals surface area contributed by atoms with E-state index < -0.39 is 6.10 Å². The number of nitrogens with zero attached hydrogens (tertiary/aromatic N) is 2. The maximum absolute atomic E-state index is 12.4. The van der Waals surface area contributed by atoms with E-state index in [0.29, 0.717) is 10.8 Å². The number of anilines is 1. The lowest BCUT2D eigenvalue weighted by molar-refractivity contribution is -0.122. The molecule has 2 heterocycles. The molecule has 122 valence electrons. The molecule has 1 aromatic carbocycles. The maximum atomic E-state index is 12.4. The fourth-order valence-electron chi connectivity index (χ4n) is 2.73.